The standard InChI is InChI=1S/C16H24O6.C15H22O6.C2H2/c1-2-3-10(17)6-12-7-11(18)8-16(21-12)9-14-13(22-16)4-5-15(19)20-14;1-2-9(16)5-11-6-10(17)7-15(20-11)8-13-12(21-15)3-4-14(18)19-13;1-2/h4-5,10-14,17-18H,2-3,6-9H2,1H3;3-4,9-13,16-17H,2,5-8H2,1H3;1-2H/t10-,11?,12?,13+,14+,16?;;/m1../s1. The normalized spacial score (nSPS) is 41.1. The van der Waals surface area contributed by atoms with E-state index < -0.39 is 36.0 Å². The van der Waals surface area contributed by atoms with Gasteiger partial charge in [-0.3, -0.25) is 0 Å². The predicted octanol–water partition coefficient (Wildman–Crippen LogP) is 1.95. The fourth-order valence-corrected chi connectivity index (χ4v) is 7.08. The van der Waals surface area contributed by atoms with E-state index in [2.05, 4.69) is 12.8 Å². The molecule has 2 spiro atoms. The molecular formula is C33H48O12. The van der Waals surface area contributed by atoms with E-state index in [9.17, 15) is 30.0 Å². The molecule has 0 aliphatic carbocycles. The van der Waals surface area contributed by atoms with Crippen LogP contribution in [0.1, 0.15) is 84.5 Å². The Morgan fingerprint density at radius 3 is 1.62 bits per heavy atom. The molecule has 45 heavy (non-hydrogen) atoms. The van der Waals surface area contributed by atoms with E-state index in [0.29, 0.717) is 57.8 Å². The van der Waals surface area contributed by atoms with Crippen LogP contribution < -0.4 is 0 Å². The van der Waals surface area contributed by atoms with Crippen molar-refractivity contribution in [3.63, 3.8) is 0 Å². The molecule has 0 bridgehead atoms. The van der Waals surface area contributed by atoms with Crippen LogP contribution >= 0.6 is 0 Å². The molecule has 12 nitrogen and oxygen atoms in total. The molecule has 0 radical (unpaired) electrons. The van der Waals surface area contributed by atoms with Crippen molar-refractivity contribution in [2.75, 3.05) is 0 Å². The highest BCUT2D eigenvalue weighted by Gasteiger charge is 2.55. The summed E-state index contributed by atoms with van der Waals surface area (Å²) in [6.45, 7) is 3.93. The van der Waals surface area contributed by atoms with Gasteiger partial charge in [-0.2, -0.15) is 0 Å². The van der Waals surface area contributed by atoms with Gasteiger partial charge < -0.3 is 48.8 Å². The van der Waals surface area contributed by atoms with Crippen LogP contribution in [0.4, 0.5) is 0 Å². The van der Waals surface area contributed by atoms with Gasteiger partial charge in [0.2, 0.25) is 0 Å². The van der Waals surface area contributed by atoms with Gasteiger partial charge in [0.25, 0.3) is 0 Å². The first-order valence-corrected chi connectivity index (χ1v) is 16.0. The Morgan fingerprint density at radius 2 is 1.20 bits per heavy atom. The van der Waals surface area contributed by atoms with Crippen molar-refractivity contribution in [3.05, 3.63) is 24.3 Å². The molecule has 6 aliphatic heterocycles. The van der Waals surface area contributed by atoms with Crippen molar-refractivity contribution in [2.45, 2.75) is 157 Å². The van der Waals surface area contributed by atoms with Crippen molar-refractivity contribution in [1.82, 2.24) is 0 Å². The largest absolute Gasteiger partial charge is 0.456 e. The van der Waals surface area contributed by atoms with Crippen LogP contribution in [0, 0.1) is 12.8 Å². The Labute approximate surface area is 264 Å². The molecule has 4 saturated heterocycles. The van der Waals surface area contributed by atoms with E-state index in [1.54, 1.807) is 12.2 Å². The van der Waals surface area contributed by atoms with E-state index in [-0.39, 0.29) is 48.6 Å². The molecule has 12 atom stereocenters. The van der Waals surface area contributed by atoms with Crippen LogP contribution in [-0.4, -0.2) is 105 Å². The third-order valence-electron chi connectivity index (χ3n) is 8.93. The fraction of sp³-hybridized carbons (Fsp3) is 0.758. The first kappa shape index (κ1) is 35.5. The van der Waals surface area contributed by atoms with Gasteiger partial charge in [0.1, 0.15) is 24.4 Å². The van der Waals surface area contributed by atoms with Crippen LogP contribution in [0.15, 0.2) is 24.3 Å². The summed E-state index contributed by atoms with van der Waals surface area (Å²) in [5.74, 6) is -2.57. The molecule has 6 rings (SSSR count). The second-order valence-corrected chi connectivity index (χ2v) is 12.7. The second-order valence-electron chi connectivity index (χ2n) is 12.7. The number of fused-ring (bicyclic) bond motifs is 2. The summed E-state index contributed by atoms with van der Waals surface area (Å²) in [6, 6.07) is 0. The lowest BCUT2D eigenvalue weighted by atomic mass is 9.92. The highest BCUT2D eigenvalue weighted by molar-refractivity contribution is 5.83. The number of terminal acetylenes is 1. The zero-order valence-electron chi connectivity index (χ0n) is 26.1. The maximum Gasteiger partial charge on any atom is 0.330 e. The second kappa shape index (κ2) is 15.5. The van der Waals surface area contributed by atoms with E-state index in [1.807, 2.05) is 13.8 Å². The highest BCUT2D eigenvalue weighted by atomic mass is 16.7. The minimum Gasteiger partial charge on any atom is -0.456 e. The number of carbonyl (C=O) groups is 2. The summed E-state index contributed by atoms with van der Waals surface area (Å²) in [5, 5.41) is 40.0. The third kappa shape index (κ3) is 9.14. The summed E-state index contributed by atoms with van der Waals surface area (Å²) in [6.07, 6.45) is 16.1. The van der Waals surface area contributed by atoms with E-state index in [0.717, 1.165) is 12.8 Å². The number of carbonyl (C=O) groups excluding carboxylic acids is 2. The molecule has 0 amide bonds. The molecular weight excluding hydrogens is 588 g/mol. The number of ether oxygens (including phenoxy) is 6. The quantitative estimate of drug-likeness (QED) is 0.237. The van der Waals surface area contributed by atoms with Crippen molar-refractivity contribution in [1.29, 1.82) is 0 Å². The molecule has 12 heteroatoms. The maximum absolute atomic E-state index is 11.3. The smallest absolute Gasteiger partial charge is 0.330 e. The summed E-state index contributed by atoms with van der Waals surface area (Å²) in [4.78, 5) is 22.6. The topological polar surface area (TPSA) is 170 Å². The Hall–Kier alpha value is -2.34. The molecule has 0 aromatic carbocycles. The minimum absolute atomic E-state index is 0.245. The summed E-state index contributed by atoms with van der Waals surface area (Å²) < 4.78 is 34.5. The van der Waals surface area contributed by atoms with Crippen molar-refractivity contribution in [3.8, 4) is 12.8 Å². The summed E-state index contributed by atoms with van der Waals surface area (Å²) in [7, 11) is 0. The van der Waals surface area contributed by atoms with Crippen LogP contribution in [0.5, 0.6) is 0 Å². The van der Waals surface area contributed by atoms with Gasteiger partial charge in [-0.25, -0.2) is 9.59 Å². The van der Waals surface area contributed by atoms with Crippen molar-refractivity contribution in [2.24, 2.45) is 0 Å². The van der Waals surface area contributed by atoms with Crippen LogP contribution in [-0.2, 0) is 38.0 Å². The number of rotatable bonds is 7. The van der Waals surface area contributed by atoms with Gasteiger partial charge >= 0.3 is 11.9 Å². The lowest BCUT2D eigenvalue weighted by Crippen LogP contribution is -2.47. The first-order chi connectivity index (χ1) is 21.5. The van der Waals surface area contributed by atoms with Crippen LogP contribution in [0.25, 0.3) is 0 Å². The molecule has 6 aliphatic rings. The Kier molecular flexibility index (Phi) is 12.2. The number of aliphatic hydroxyl groups is 4. The van der Waals surface area contributed by atoms with Gasteiger partial charge in [-0.05, 0) is 50.7 Å². The van der Waals surface area contributed by atoms with Gasteiger partial charge in [0.15, 0.2) is 11.6 Å². The van der Waals surface area contributed by atoms with E-state index in [4.69, 9.17) is 28.4 Å². The molecule has 4 fully saturated rings. The molecule has 0 aromatic heterocycles. The Balaban J connectivity index is 0.000000194. The van der Waals surface area contributed by atoms with Gasteiger partial charge in [-0.1, -0.05) is 20.3 Å². The lowest BCUT2D eigenvalue weighted by molar-refractivity contribution is -0.285. The maximum atomic E-state index is 11.3. The number of esters is 2. The number of aliphatic hydroxyl groups excluding tert-OH is 4. The zero-order valence-corrected chi connectivity index (χ0v) is 26.1. The van der Waals surface area contributed by atoms with E-state index in [1.165, 1.54) is 12.2 Å². The molecule has 0 saturated carbocycles. The van der Waals surface area contributed by atoms with Crippen molar-refractivity contribution >= 4 is 11.9 Å². The average molecular weight is 637 g/mol. The average Bonchev–Trinajstić information content (AvgIpc) is 3.48. The third-order valence-corrected chi connectivity index (χ3v) is 8.93. The zero-order chi connectivity index (χ0) is 32.8. The molecule has 6 heterocycles. The summed E-state index contributed by atoms with van der Waals surface area (Å²) in [5.41, 5.74) is 0. The van der Waals surface area contributed by atoms with Gasteiger partial charge in [0.05, 0.1) is 36.6 Å². The number of hydrogen-bond donors (Lipinski definition) is 4. The monoisotopic (exact) mass is 636 g/mol. The van der Waals surface area contributed by atoms with Crippen LogP contribution in [0.3, 0.4) is 0 Å². The molecule has 252 valence electrons. The summed E-state index contributed by atoms with van der Waals surface area (Å²) >= 11 is 0. The first-order valence-electron chi connectivity index (χ1n) is 16.0. The Morgan fingerprint density at radius 1 is 0.756 bits per heavy atom. The van der Waals surface area contributed by atoms with E-state index >= 15 is 0 Å². The molecule has 9 unspecified atom stereocenters. The SMILES string of the molecule is C#C.CCC(O)CC1CC(O)CC2(CC3OC(=O)C=CC3O2)O1.CCC[C@@H](O)CC1CC(O)CC2(C[C@@H]3OC(=O)C=C[C@@H]3O2)O1. The molecule has 4 N–H and O–H groups in total. The van der Waals surface area contributed by atoms with Crippen LogP contribution in [0.2, 0.25) is 0 Å². The fourth-order valence-electron chi connectivity index (χ4n) is 7.08. The van der Waals surface area contributed by atoms with Gasteiger partial charge in [0, 0.05) is 37.8 Å². The molecule has 0 aromatic rings. The minimum atomic E-state index is -0.918. The highest BCUT2D eigenvalue weighted by Crippen LogP contribution is 2.45. The van der Waals surface area contributed by atoms with Gasteiger partial charge in [-0.15, -0.1) is 12.8 Å². The number of hydrogen-bond acceptors (Lipinski definition) is 12. The predicted molar refractivity (Wildman–Crippen MR) is 159 cm³/mol. The lowest BCUT2D eigenvalue weighted by Gasteiger charge is -2.40. The Bertz CT molecular complexity index is 1090. The van der Waals surface area contributed by atoms with Crippen molar-refractivity contribution < 1.29 is 58.4 Å².